The molecule has 0 aliphatic carbocycles. The average Bonchev–Trinajstić information content (AvgIpc) is 3.11. The van der Waals surface area contributed by atoms with Gasteiger partial charge in [0.2, 0.25) is 0 Å². The van der Waals surface area contributed by atoms with Gasteiger partial charge >= 0.3 is 0 Å². The number of aryl methyl sites for hydroxylation is 1. The molecule has 0 saturated carbocycles. The van der Waals surface area contributed by atoms with Crippen molar-refractivity contribution in [2.24, 2.45) is 0 Å². The molecule has 1 amide bonds. The summed E-state index contributed by atoms with van der Waals surface area (Å²) in [4.78, 5) is 27.5. The first-order valence-corrected chi connectivity index (χ1v) is 15.1. The number of rotatable bonds is 9. The van der Waals surface area contributed by atoms with Gasteiger partial charge in [-0.3, -0.25) is 4.79 Å². The molecule has 0 unspecified atom stereocenters. The zero-order valence-electron chi connectivity index (χ0n) is 26.1. The van der Waals surface area contributed by atoms with E-state index in [9.17, 15) is 4.79 Å². The van der Waals surface area contributed by atoms with E-state index in [1.165, 1.54) is 6.33 Å². The monoisotopic (exact) mass is 628 g/mol. The van der Waals surface area contributed by atoms with Crippen molar-refractivity contribution < 1.29 is 23.7 Å². The van der Waals surface area contributed by atoms with Gasteiger partial charge in [-0.1, -0.05) is 18.2 Å². The van der Waals surface area contributed by atoms with Gasteiger partial charge in [-0.15, -0.1) is 0 Å². The second-order valence-electron chi connectivity index (χ2n) is 10.9. The predicted molar refractivity (Wildman–Crippen MR) is 182 cm³/mol. The number of benzene rings is 4. The SMILES string of the molecule is COc1ccc(CNc2ncnc3c(C(=O)Nc4c(C)ccc5c(Nc6ccc7c(c6)OCCO7)nccc45)cccc23)c(OC)c1. The molecular formula is C36H32N6O5. The molecule has 0 fully saturated rings. The fraction of sp³-hybridized carbons (Fsp3) is 0.167. The molecule has 236 valence electrons. The number of pyridine rings is 1. The van der Waals surface area contributed by atoms with Crippen LogP contribution >= 0.6 is 0 Å². The maximum Gasteiger partial charge on any atom is 0.257 e. The number of hydrogen-bond donors (Lipinski definition) is 3. The maximum absolute atomic E-state index is 13.9. The highest BCUT2D eigenvalue weighted by molar-refractivity contribution is 6.16. The Balaban J connectivity index is 1.16. The van der Waals surface area contributed by atoms with E-state index in [-0.39, 0.29) is 5.91 Å². The highest BCUT2D eigenvalue weighted by Gasteiger charge is 2.18. The van der Waals surface area contributed by atoms with Crippen LogP contribution in [0, 0.1) is 6.92 Å². The molecule has 1 aliphatic rings. The Morgan fingerprint density at radius 1 is 0.830 bits per heavy atom. The summed E-state index contributed by atoms with van der Waals surface area (Å²) in [6.07, 6.45) is 3.18. The summed E-state index contributed by atoms with van der Waals surface area (Å²) >= 11 is 0. The lowest BCUT2D eigenvalue weighted by Crippen LogP contribution is -2.15. The third-order valence-electron chi connectivity index (χ3n) is 8.05. The molecule has 6 aromatic rings. The predicted octanol–water partition coefficient (Wildman–Crippen LogP) is 6.88. The minimum atomic E-state index is -0.286. The van der Waals surface area contributed by atoms with Crippen molar-refractivity contribution in [1.82, 2.24) is 15.0 Å². The van der Waals surface area contributed by atoms with Crippen molar-refractivity contribution >= 4 is 50.6 Å². The van der Waals surface area contributed by atoms with Gasteiger partial charge in [-0.2, -0.15) is 0 Å². The van der Waals surface area contributed by atoms with E-state index in [0.29, 0.717) is 71.2 Å². The van der Waals surface area contributed by atoms with Gasteiger partial charge in [0.15, 0.2) is 11.5 Å². The van der Waals surface area contributed by atoms with Crippen LogP contribution in [0.3, 0.4) is 0 Å². The Labute approximate surface area is 270 Å². The molecule has 0 radical (unpaired) electrons. The van der Waals surface area contributed by atoms with E-state index in [1.54, 1.807) is 26.5 Å². The number of ether oxygens (including phenoxy) is 4. The van der Waals surface area contributed by atoms with Crippen LogP contribution in [0.2, 0.25) is 0 Å². The van der Waals surface area contributed by atoms with Crippen LogP contribution in [0.15, 0.2) is 85.3 Å². The van der Waals surface area contributed by atoms with Crippen LogP contribution in [-0.4, -0.2) is 48.3 Å². The third-order valence-corrected chi connectivity index (χ3v) is 8.05. The number of carbonyl (C=O) groups excluding carboxylic acids is 1. The van der Waals surface area contributed by atoms with Gasteiger partial charge in [-0.25, -0.2) is 15.0 Å². The maximum atomic E-state index is 13.9. The summed E-state index contributed by atoms with van der Waals surface area (Å²) < 4.78 is 22.3. The van der Waals surface area contributed by atoms with Crippen LogP contribution in [0.4, 0.5) is 23.0 Å². The van der Waals surface area contributed by atoms with Gasteiger partial charge in [-0.05, 0) is 55.0 Å². The normalized spacial score (nSPS) is 12.1. The first kappa shape index (κ1) is 29.6. The van der Waals surface area contributed by atoms with E-state index in [4.69, 9.17) is 18.9 Å². The van der Waals surface area contributed by atoms with Crippen LogP contribution in [-0.2, 0) is 6.54 Å². The van der Waals surface area contributed by atoms with E-state index in [0.717, 1.165) is 33.0 Å². The zero-order chi connectivity index (χ0) is 32.3. The Morgan fingerprint density at radius 2 is 1.70 bits per heavy atom. The highest BCUT2D eigenvalue weighted by atomic mass is 16.6. The molecule has 0 saturated heterocycles. The second-order valence-corrected chi connectivity index (χ2v) is 10.9. The Kier molecular flexibility index (Phi) is 8.01. The van der Waals surface area contributed by atoms with E-state index >= 15 is 0 Å². The summed E-state index contributed by atoms with van der Waals surface area (Å²) in [5, 5.41) is 12.3. The van der Waals surface area contributed by atoms with Crippen molar-refractivity contribution in [3.8, 4) is 23.0 Å². The van der Waals surface area contributed by atoms with Crippen molar-refractivity contribution in [2.45, 2.75) is 13.5 Å². The summed E-state index contributed by atoms with van der Waals surface area (Å²) in [6, 6.07) is 22.7. The Morgan fingerprint density at radius 3 is 2.55 bits per heavy atom. The number of hydrogen-bond acceptors (Lipinski definition) is 10. The van der Waals surface area contributed by atoms with E-state index in [2.05, 4.69) is 30.9 Å². The number of nitrogens with one attached hydrogen (secondary N) is 3. The van der Waals surface area contributed by atoms with E-state index in [1.807, 2.05) is 73.7 Å². The molecule has 1 aliphatic heterocycles. The second kappa shape index (κ2) is 12.7. The Bertz CT molecular complexity index is 2140. The van der Waals surface area contributed by atoms with Crippen LogP contribution in [0.5, 0.6) is 23.0 Å². The van der Waals surface area contributed by atoms with Gasteiger partial charge in [0.05, 0.1) is 31.0 Å². The van der Waals surface area contributed by atoms with Gasteiger partial charge in [0, 0.05) is 52.3 Å². The third kappa shape index (κ3) is 5.86. The number of methoxy groups -OCH3 is 2. The van der Waals surface area contributed by atoms with Crippen molar-refractivity contribution in [2.75, 3.05) is 43.4 Å². The largest absolute Gasteiger partial charge is 0.497 e. The minimum absolute atomic E-state index is 0.286. The molecule has 4 aromatic carbocycles. The smallest absolute Gasteiger partial charge is 0.257 e. The molecule has 7 rings (SSSR count). The number of aromatic nitrogens is 3. The molecule has 0 bridgehead atoms. The molecule has 3 heterocycles. The number of fused-ring (bicyclic) bond motifs is 3. The van der Waals surface area contributed by atoms with Crippen LogP contribution in [0.25, 0.3) is 21.7 Å². The summed E-state index contributed by atoms with van der Waals surface area (Å²) in [7, 11) is 3.24. The van der Waals surface area contributed by atoms with Crippen molar-refractivity contribution in [3.05, 3.63) is 102 Å². The molecule has 11 heteroatoms. The van der Waals surface area contributed by atoms with Crippen molar-refractivity contribution in [3.63, 3.8) is 0 Å². The Hall–Kier alpha value is -6.10. The number of nitrogens with zero attached hydrogens (tertiary/aromatic N) is 3. The molecule has 2 aromatic heterocycles. The molecule has 3 N–H and O–H groups in total. The van der Waals surface area contributed by atoms with Crippen molar-refractivity contribution in [1.29, 1.82) is 0 Å². The molecule has 11 nitrogen and oxygen atoms in total. The van der Waals surface area contributed by atoms with Gasteiger partial charge in [0.25, 0.3) is 5.91 Å². The van der Waals surface area contributed by atoms with Crippen LogP contribution in [0.1, 0.15) is 21.5 Å². The summed E-state index contributed by atoms with van der Waals surface area (Å²) in [6.45, 7) is 3.44. The average molecular weight is 629 g/mol. The number of anilines is 4. The lowest BCUT2D eigenvalue weighted by atomic mass is 10.0. The summed E-state index contributed by atoms with van der Waals surface area (Å²) in [5.74, 6) is 3.77. The lowest BCUT2D eigenvalue weighted by molar-refractivity contribution is 0.102. The number of para-hydroxylation sites is 1. The van der Waals surface area contributed by atoms with Crippen LogP contribution < -0.4 is 34.9 Å². The lowest BCUT2D eigenvalue weighted by Gasteiger charge is -2.19. The quantitative estimate of drug-likeness (QED) is 0.156. The first-order chi connectivity index (χ1) is 23.0. The number of amides is 1. The van der Waals surface area contributed by atoms with E-state index < -0.39 is 0 Å². The highest BCUT2D eigenvalue weighted by Crippen LogP contribution is 2.36. The molecule has 0 spiro atoms. The standard InChI is InChI=1S/C36H32N6O5/c1-21-7-11-26-25(13-14-37-35(26)41-23-9-12-29-31(17-23)47-16-15-46-29)32(21)42-36(43)28-6-4-5-27-33(28)39-20-40-34(27)38-19-22-8-10-24(44-2)18-30(22)45-3/h4-14,17-18,20H,15-16,19H2,1-3H3,(H,37,41)(H,42,43)(H,38,39,40). The summed E-state index contributed by atoms with van der Waals surface area (Å²) in [5.41, 5.74) is 4.30. The molecule has 0 atom stereocenters. The van der Waals surface area contributed by atoms with Gasteiger partial charge < -0.3 is 34.9 Å². The number of carbonyl (C=O) groups is 1. The fourth-order valence-electron chi connectivity index (χ4n) is 5.66. The van der Waals surface area contributed by atoms with Gasteiger partial charge in [0.1, 0.15) is 42.7 Å². The zero-order valence-corrected chi connectivity index (χ0v) is 26.1. The molecular weight excluding hydrogens is 596 g/mol. The fourth-order valence-corrected chi connectivity index (χ4v) is 5.66. The topological polar surface area (TPSA) is 129 Å². The first-order valence-electron chi connectivity index (χ1n) is 15.1. The molecule has 47 heavy (non-hydrogen) atoms. The minimum Gasteiger partial charge on any atom is -0.497 e.